The fourth-order valence-electron chi connectivity index (χ4n) is 7.81. The summed E-state index contributed by atoms with van der Waals surface area (Å²) >= 11 is 0. The molecule has 0 fully saturated rings. The number of nitrogens with one attached hydrogen (secondary N) is 1. The minimum absolute atomic E-state index is 0.0215. The van der Waals surface area contributed by atoms with Crippen molar-refractivity contribution in [2.75, 3.05) is 13.2 Å². The van der Waals surface area contributed by atoms with Crippen molar-refractivity contribution in [3.63, 3.8) is 0 Å². The van der Waals surface area contributed by atoms with Crippen molar-refractivity contribution in [1.29, 1.82) is 0 Å². The van der Waals surface area contributed by atoms with Crippen LogP contribution >= 0.6 is 0 Å². The highest BCUT2D eigenvalue weighted by Gasteiger charge is 2.18. The van der Waals surface area contributed by atoms with E-state index >= 15 is 0 Å². The molecule has 6 heteroatoms. The molecule has 0 saturated carbocycles. The summed E-state index contributed by atoms with van der Waals surface area (Å²) in [5.74, 6) is -0.109. The first-order valence-electron chi connectivity index (χ1n) is 27.1. The van der Waals surface area contributed by atoms with Crippen LogP contribution in [0, 0.1) is 0 Å². The molecule has 0 heterocycles. The highest BCUT2D eigenvalue weighted by atomic mass is 16.5. The summed E-state index contributed by atoms with van der Waals surface area (Å²) in [5, 5.41) is 22.9. The number of aliphatic hydroxyl groups excluding tert-OH is 2. The van der Waals surface area contributed by atoms with Crippen LogP contribution in [-0.4, -0.2) is 47.4 Å². The lowest BCUT2D eigenvalue weighted by molar-refractivity contribution is -0.143. The average molecular weight is 882 g/mol. The fourth-order valence-corrected chi connectivity index (χ4v) is 7.81. The first kappa shape index (κ1) is 60.6. The number of rotatable bonds is 49. The first-order valence-corrected chi connectivity index (χ1v) is 27.1. The summed E-state index contributed by atoms with van der Waals surface area (Å²) in [6.45, 7) is 4.80. The van der Waals surface area contributed by atoms with E-state index in [0.717, 1.165) is 89.9 Å². The molecule has 0 aliphatic carbocycles. The fraction of sp³-hybridized carbons (Fsp3) is 0.789. The van der Waals surface area contributed by atoms with Crippen LogP contribution in [0.4, 0.5) is 0 Å². The molecule has 0 aromatic carbocycles. The lowest BCUT2D eigenvalue weighted by atomic mass is 10.1. The molecule has 0 bridgehead atoms. The Morgan fingerprint density at radius 1 is 0.444 bits per heavy atom. The molecule has 0 aliphatic rings. The number of carbonyl (C=O) groups is 2. The maximum atomic E-state index is 12.4. The topological polar surface area (TPSA) is 95.9 Å². The first-order chi connectivity index (χ1) is 31.0. The molecule has 0 aromatic rings. The van der Waals surface area contributed by atoms with Crippen LogP contribution in [0.15, 0.2) is 60.8 Å². The Kier molecular flexibility index (Phi) is 50.2. The molecule has 0 radical (unpaired) electrons. The second-order valence-electron chi connectivity index (χ2n) is 18.2. The third-order valence-electron chi connectivity index (χ3n) is 12.0. The number of unbranched alkanes of at least 4 members (excludes halogenated alkanes) is 30. The van der Waals surface area contributed by atoms with Crippen LogP contribution in [0.2, 0.25) is 0 Å². The summed E-state index contributed by atoms with van der Waals surface area (Å²) < 4.78 is 5.46. The minimum atomic E-state index is -0.854. The van der Waals surface area contributed by atoms with Gasteiger partial charge in [-0.15, -0.1) is 0 Å². The van der Waals surface area contributed by atoms with Gasteiger partial charge in [0, 0.05) is 12.8 Å². The lowest BCUT2D eigenvalue weighted by Gasteiger charge is -2.20. The largest absolute Gasteiger partial charge is 0.466 e. The summed E-state index contributed by atoms with van der Waals surface area (Å²) in [6, 6.07) is -0.640. The Labute approximate surface area is 390 Å². The van der Waals surface area contributed by atoms with Crippen LogP contribution < -0.4 is 5.32 Å². The van der Waals surface area contributed by atoms with Crippen molar-refractivity contribution in [1.82, 2.24) is 5.32 Å². The Balaban J connectivity index is 3.50. The van der Waals surface area contributed by atoms with Gasteiger partial charge in [-0.1, -0.05) is 209 Å². The van der Waals surface area contributed by atoms with Crippen LogP contribution in [0.1, 0.15) is 264 Å². The quantitative estimate of drug-likeness (QED) is 0.0321. The number of amides is 1. The van der Waals surface area contributed by atoms with Crippen molar-refractivity contribution in [3.8, 4) is 0 Å². The zero-order chi connectivity index (χ0) is 45.8. The van der Waals surface area contributed by atoms with Gasteiger partial charge in [-0.05, 0) is 103 Å². The number of carbonyl (C=O) groups excluding carboxylic acids is 2. The van der Waals surface area contributed by atoms with E-state index < -0.39 is 12.1 Å². The van der Waals surface area contributed by atoms with Gasteiger partial charge in [-0.2, -0.15) is 0 Å². The van der Waals surface area contributed by atoms with Crippen molar-refractivity contribution in [2.45, 2.75) is 276 Å². The Morgan fingerprint density at radius 2 is 0.794 bits per heavy atom. The molecular weight excluding hydrogens is 779 g/mol. The van der Waals surface area contributed by atoms with Crippen LogP contribution in [-0.2, 0) is 14.3 Å². The Bertz CT molecular complexity index is 1110. The highest BCUT2D eigenvalue weighted by molar-refractivity contribution is 5.76. The monoisotopic (exact) mass is 882 g/mol. The zero-order valence-corrected chi connectivity index (χ0v) is 41.5. The number of ether oxygens (including phenoxy) is 1. The second-order valence-corrected chi connectivity index (χ2v) is 18.2. The highest BCUT2D eigenvalue weighted by Crippen LogP contribution is 2.14. The molecule has 0 saturated heterocycles. The number of allylic oxidation sites excluding steroid dienone is 9. The number of esters is 1. The van der Waals surface area contributed by atoms with E-state index in [9.17, 15) is 19.8 Å². The van der Waals surface area contributed by atoms with Gasteiger partial charge < -0.3 is 20.3 Å². The van der Waals surface area contributed by atoms with Gasteiger partial charge in [0.2, 0.25) is 5.91 Å². The van der Waals surface area contributed by atoms with E-state index in [1.807, 2.05) is 6.08 Å². The molecule has 1 amide bonds. The van der Waals surface area contributed by atoms with E-state index in [2.05, 4.69) is 67.8 Å². The predicted octanol–water partition coefficient (Wildman–Crippen LogP) is 16.4. The van der Waals surface area contributed by atoms with Gasteiger partial charge in [0.15, 0.2) is 0 Å². The second kappa shape index (κ2) is 52.2. The summed E-state index contributed by atoms with van der Waals surface area (Å²) in [6.07, 6.45) is 66.6. The third kappa shape index (κ3) is 48.8. The molecule has 0 aromatic heterocycles. The molecule has 0 spiro atoms. The van der Waals surface area contributed by atoms with Gasteiger partial charge in [-0.3, -0.25) is 9.59 Å². The van der Waals surface area contributed by atoms with E-state index in [4.69, 9.17) is 4.74 Å². The van der Waals surface area contributed by atoms with Gasteiger partial charge in [0.1, 0.15) is 0 Å². The van der Waals surface area contributed by atoms with E-state index in [0.29, 0.717) is 19.4 Å². The average Bonchev–Trinajstić information content (AvgIpc) is 3.28. The number of aliphatic hydroxyl groups is 2. The molecule has 2 unspecified atom stereocenters. The Hall–Kier alpha value is -2.44. The van der Waals surface area contributed by atoms with Crippen molar-refractivity contribution < 1.29 is 24.5 Å². The summed E-state index contributed by atoms with van der Waals surface area (Å²) in [4.78, 5) is 24.4. The maximum absolute atomic E-state index is 12.4. The van der Waals surface area contributed by atoms with Gasteiger partial charge in [-0.25, -0.2) is 0 Å². The zero-order valence-electron chi connectivity index (χ0n) is 41.5. The normalized spacial score (nSPS) is 13.1. The van der Waals surface area contributed by atoms with Gasteiger partial charge >= 0.3 is 5.97 Å². The van der Waals surface area contributed by atoms with Crippen molar-refractivity contribution in [2.24, 2.45) is 0 Å². The van der Waals surface area contributed by atoms with Crippen LogP contribution in [0.25, 0.3) is 0 Å². The van der Waals surface area contributed by atoms with E-state index in [-0.39, 0.29) is 18.5 Å². The standard InChI is InChI=1S/C57H103NO5/c1-3-5-7-9-11-13-15-16-17-18-19-22-25-28-31-35-39-43-47-51-57(62)63-52-48-44-40-36-32-29-26-23-20-21-24-27-30-34-38-42-46-50-56(61)58-54(53-59)55(60)49-45-41-37-33-14-12-10-8-6-4-2/h11,13,16-17,20,23,29,32,45,49,54-55,59-60H,3-10,12,14-15,18-19,21-22,24-28,30-31,33-44,46-48,50-53H2,1-2H3,(H,58,61)/b13-11-,17-16-,23-20-,32-29-,49-45+. The van der Waals surface area contributed by atoms with Crippen LogP contribution in [0.5, 0.6) is 0 Å². The Morgan fingerprint density at radius 3 is 1.24 bits per heavy atom. The third-order valence-corrected chi connectivity index (χ3v) is 12.0. The number of hydrogen-bond acceptors (Lipinski definition) is 5. The SMILES string of the molecule is CCCCC/C=C\C/C=C\CCCCCCCCCCCC(=O)OCCCCC/C=C\C/C=C\CCCCCCCCCC(=O)NC(CO)C(O)/C=C/CCCCCCCCCC. The minimum Gasteiger partial charge on any atom is -0.466 e. The van der Waals surface area contributed by atoms with Crippen LogP contribution in [0.3, 0.4) is 0 Å². The number of hydrogen-bond donors (Lipinski definition) is 3. The molecule has 6 nitrogen and oxygen atoms in total. The molecule has 2 atom stereocenters. The van der Waals surface area contributed by atoms with E-state index in [1.165, 1.54) is 148 Å². The summed E-state index contributed by atoms with van der Waals surface area (Å²) in [5.41, 5.74) is 0. The molecule has 0 aliphatic heterocycles. The molecule has 3 N–H and O–H groups in total. The van der Waals surface area contributed by atoms with Crippen molar-refractivity contribution in [3.05, 3.63) is 60.8 Å². The maximum Gasteiger partial charge on any atom is 0.305 e. The molecule has 366 valence electrons. The summed E-state index contributed by atoms with van der Waals surface area (Å²) in [7, 11) is 0. The predicted molar refractivity (Wildman–Crippen MR) is 273 cm³/mol. The molecule has 63 heavy (non-hydrogen) atoms. The smallest absolute Gasteiger partial charge is 0.305 e. The van der Waals surface area contributed by atoms with E-state index in [1.54, 1.807) is 6.08 Å². The van der Waals surface area contributed by atoms with Gasteiger partial charge in [0.25, 0.3) is 0 Å². The molecular formula is C57H103NO5. The molecule has 0 rings (SSSR count). The lowest BCUT2D eigenvalue weighted by Crippen LogP contribution is -2.45. The van der Waals surface area contributed by atoms with Crippen molar-refractivity contribution >= 4 is 11.9 Å². The van der Waals surface area contributed by atoms with Gasteiger partial charge in [0.05, 0.1) is 25.4 Å².